The van der Waals surface area contributed by atoms with Crippen LogP contribution in [-0.4, -0.2) is 32.3 Å². The lowest BCUT2D eigenvalue weighted by Crippen LogP contribution is -2.39. The maximum atomic E-state index is 5.69. The SMILES string of the molecule is c1cc2c(cc1NCCC1CNCCO1)CCC2. The average molecular weight is 246 g/mol. The summed E-state index contributed by atoms with van der Waals surface area (Å²) < 4.78 is 5.69. The van der Waals surface area contributed by atoms with Crippen LogP contribution in [0.4, 0.5) is 5.69 Å². The second-order valence-electron chi connectivity index (χ2n) is 5.25. The summed E-state index contributed by atoms with van der Waals surface area (Å²) in [5.41, 5.74) is 4.34. The zero-order valence-electron chi connectivity index (χ0n) is 10.9. The van der Waals surface area contributed by atoms with Crippen LogP contribution in [0.2, 0.25) is 0 Å². The van der Waals surface area contributed by atoms with Gasteiger partial charge in [-0.2, -0.15) is 0 Å². The van der Waals surface area contributed by atoms with Crippen molar-refractivity contribution in [3.63, 3.8) is 0 Å². The van der Waals surface area contributed by atoms with Crippen molar-refractivity contribution < 1.29 is 4.74 Å². The van der Waals surface area contributed by atoms with Crippen LogP contribution in [-0.2, 0) is 17.6 Å². The Bertz CT molecular complexity index is 399. The Kier molecular flexibility index (Phi) is 3.81. The summed E-state index contributed by atoms with van der Waals surface area (Å²) in [6.07, 6.45) is 5.28. The first kappa shape index (κ1) is 12.0. The second kappa shape index (κ2) is 5.72. The van der Waals surface area contributed by atoms with Gasteiger partial charge < -0.3 is 15.4 Å². The number of rotatable bonds is 4. The standard InChI is InChI=1S/C15H22N2O/c1-2-12-4-5-14(10-13(12)3-1)17-7-6-15-11-16-8-9-18-15/h4-5,10,15-17H,1-3,6-9,11H2. The molecule has 1 fully saturated rings. The minimum absolute atomic E-state index is 0.376. The summed E-state index contributed by atoms with van der Waals surface area (Å²) in [6, 6.07) is 6.82. The zero-order chi connectivity index (χ0) is 12.2. The molecular formula is C15H22N2O. The van der Waals surface area contributed by atoms with Crippen LogP contribution in [0.3, 0.4) is 0 Å². The van der Waals surface area contributed by atoms with Crippen LogP contribution in [0.5, 0.6) is 0 Å². The molecule has 0 spiro atoms. The number of hydrogen-bond acceptors (Lipinski definition) is 3. The Labute approximate surface area is 109 Å². The van der Waals surface area contributed by atoms with E-state index in [9.17, 15) is 0 Å². The fraction of sp³-hybridized carbons (Fsp3) is 0.600. The number of aryl methyl sites for hydroxylation is 2. The number of benzene rings is 1. The third kappa shape index (κ3) is 2.85. The molecule has 3 rings (SSSR count). The van der Waals surface area contributed by atoms with E-state index < -0.39 is 0 Å². The molecule has 2 aliphatic rings. The van der Waals surface area contributed by atoms with Crippen LogP contribution < -0.4 is 10.6 Å². The third-order valence-corrected chi connectivity index (χ3v) is 3.90. The Morgan fingerprint density at radius 1 is 1.28 bits per heavy atom. The summed E-state index contributed by atoms with van der Waals surface area (Å²) >= 11 is 0. The van der Waals surface area contributed by atoms with E-state index in [0.717, 1.165) is 32.7 Å². The molecule has 0 saturated carbocycles. The molecule has 0 radical (unpaired) electrons. The quantitative estimate of drug-likeness (QED) is 0.852. The normalized spacial score (nSPS) is 22.8. The van der Waals surface area contributed by atoms with E-state index >= 15 is 0 Å². The maximum Gasteiger partial charge on any atom is 0.0716 e. The Hall–Kier alpha value is -1.06. The molecule has 1 aliphatic heterocycles. The number of nitrogens with one attached hydrogen (secondary N) is 2. The average Bonchev–Trinajstić information content (AvgIpc) is 2.87. The Morgan fingerprint density at radius 2 is 2.22 bits per heavy atom. The molecule has 1 heterocycles. The largest absolute Gasteiger partial charge is 0.385 e. The van der Waals surface area contributed by atoms with E-state index in [1.165, 1.54) is 30.5 Å². The van der Waals surface area contributed by atoms with E-state index in [1.807, 2.05) is 0 Å². The van der Waals surface area contributed by atoms with E-state index in [1.54, 1.807) is 5.56 Å². The minimum atomic E-state index is 0.376. The maximum absolute atomic E-state index is 5.69. The van der Waals surface area contributed by atoms with Crippen LogP contribution in [0.15, 0.2) is 18.2 Å². The van der Waals surface area contributed by atoms with Gasteiger partial charge in [0.2, 0.25) is 0 Å². The lowest BCUT2D eigenvalue weighted by molar-refractivity contribution is 0.0258. The van der Waals surface area contributed by atoms with Gasteiger partial charge in [0, 0.05) is 25.3 Å². The third-order valence-electron chi connectivity index (χ3n) is 3.90. The molecule has 1 atom stereocenters. The van der Waals surface area contributed by atoms with Gasteiger partial charge in [-0.15, -0.1) is 0 Å². The lowest BCUT2D eigenvalue weighted by atomic mass is 10.1. The van der Waals surface area contributed by atoms with Gasteiger partial charge in [0.05, 0.1) is 12.7 Å². The topological polar surface area (TPSA) is 33.3 Å². The van der Waals surface area contributed by atoms with E-state index in [2.05, 4.69) is 28.8 Å². The molecule has 1 aliphatic carbocycles. The van der Waals surface area contributed by atoms with Crippen molar-refractivity contribution >= 4 is 5.69 Å². The van der Waals surface area contributed by atoms with E-state index in [-0.39, 0.29) is 0 Å². The highest BCUT2D eigenvalue weighted by Gasteiger charge is 2.13. The summed E-state index contributed by atoms with van der Waals surface area (Å²) in [5, 5.41) is 6.88. The zero-order valence-corrected chi connectivity index (χ0v) is 10.9. The number of hydrogen-bond donors (Lipinski definition) is 2. The van der Waals surface area contributed by atoms with Crippen molar-refractivity contribution in [3.05, 3.63) is 29.3 Å². The van der Waals surface area contributed by atoms with E-state index in [0.29, 0.717) is 6.10 Å². The number of morpholine rings is 1. The first-order valence-electron chi connectivity index (χ1n) is 7.10. The predicted molar refractivity (Wildman–Crippen MR) is 74.2 cm³/mol. The van der Waals surface area contributed by atoms with Crippen LogP contribution in [0.25, 0.3) is 0 Å². The summed E-state index contributed by atoms with van der Waals surface area (Å²) in [6.45, 7) is 3.83. The molecular weight excluding hydrogens is 224 g/mol. The van der Waals surface area contributed by atoms with Crippen molar-refractivity contribution in [2.45, 2.75) is 31.8 Å². The molecule has 98 valence electrons. The van der Waals surface area contributed by atoms with Gasteiger partial charge in [0.15, 0.2) is 0 Å². The monoisotopic (exact) mass is 246 g/mol. The van der Waals surface area contributed by atoms with Gasteiger partial charge in [-0.05, 0) is 48.9 Å². The molecule has 3 heteroatoms. The van der Waals surface area contributed by atoms with Crippen molar-refractivity contribution in [1.29, 1.82) is 0 Å². The van der Waals surface area contributed by atoms with Gasteiger partial charge >= 0.3 is 0 Å². The first-order valence-corrected chi connectivity index (χ1v) is 7.10. The Morgan fingerprint density at radius 3 is 3.11 bits per heavy atom. The number of ether oxygens (including phenoxy) is 1. The molecule has 3 nitrogen and oxygen atoms in total. The van der Waals surface area contributed by atoms with Gasteiger partial charge in [-0.3, -0.25) is 0 Å². The first-order chi connectivity index (χ1) is 8.92. The van der Waals surface area contributed by atoms with Crippen molar-refractivity contribution in [2.75, 3.05) is 31.6 Å². The van der Waals surface area contributed by atoms with Gasteiger partial charge in [0.1, 0.15) is 0 Å². The number of fused-ring (bicyclic) bond motifs is 1. The Balaban J connectivity index is 1.48. The van der Waals surface area contributed by atoms with Crippen LogP contribution >= 0.6 is 0 Å². The van der Waals surface area contributed by atoms with Crippen molar-refractivity contribution in [2.24, 2.45) is 0 Å². The fourth-order valence-corrected chi connectivity index (χ4v) is 2.86. The van der Waals surface area contributed by atoms with Crippen molar-refractivity contribution in [3.8, 4) is 0 Å². The smallest absolute Gasteiger partial charge is 0.0716 e. The van der Waals surface area contributed by atoms with Gasteiger partial charge in [-0.1, -0.05) is 6.07 Å². The molecule has 1 unspecified atom stereocenters. The highest BCUT2D eigenvalue weighted by atomic mass is 16.5. The molecule has 1 saturated heterocycles. The molecule has 2 N–H and O–H groups in total. The molecule has 0 bridgehead atoms. The second-order valence-corrected chi connectivity index (χ2v) is 5.25. The minimum Gasteiger partial charge on any atom is -0.385 e. The summed E-state index contributed by atoms with van der Waals surface area (Å²) in [4.78, 5) is 0. The number of anilines is 1. The molecule has 0 aromatic heterocycles. The molecule has 1 aromatic carbocycles. The van der Waals surface area contributed by atoms with Crippen LogP contribution in [0.1, 0.15) is 24.0 Å². The van der Waals surface area contributed by atoms with Gasteiger partial charge in [-0.25, -0.2) is 0 Å². The fourth-order valence-electron chi connectivity index (χ4n) is 2.86. The van der Waals surface area contributed by atoms with E-state index in [4.69, 9.17) is 4.74 Å². The molecule has 0 amide bonds. The van der Waals surface area contributed by atoms with Gasteiger partial charge in [0.25, 0.3) is 0 Å². The van der Waals surface area contributed by atoms with Crippen LogP contribution in [0, 0.1) is 0 Å². The highest BCUT2D eigenvalue weighted by Crippen LogP contribution is 2.24. The predicted octanol–water partition coefficient (Wildman–Crippen LogP) is 1.97. The summed E-state index contributed by atoms with van der Waals surface area (Å²) in [5.74, 6) is 0. The lowest BCUT2D eigenvalue weighted by Gasteiger charge is -2.23. The van der Waals surface area contributed by atoms with Crippen molar-refractivity contribution in [1.82, 2.24) is 5.32 Å². The molecule has 18 heavy (non-hydrogen) atoms. The highest BCUT2D eigenvalue weighted by molar-refractivity contribution is 5.50. The molecule has 1 aromatic rings. The summed E-state index contributed by atoms with van der Waals surface area (Å²) in [7, 11) is 0.